The average molecular weight is 348 g/mol. The van der Waals surface area contributed by atoms with Gasteiger partial charge >= 0.3 is 5.97 Å². The molecule has 0 spiro atoms. The average Bonchev–Trinajstić information content (AvgIpc) is 2.27. The molecule has 0 aliphatic carbocycles. The van der Waals surface area contributed by atoms with Gasteiger partial charge in [-0.25, -0.2) is 0 Å². The van der Waals surface area contributed by atoms with E-state index in [9.17, 15) is 4.79 Å². The Morgan fingerprint density at radius 2 is 2.00 bits per heavy atom. The number of carbonyl (C=O) groups is 1. The van der Waals surface area contributed by atoms with Crippen molar-refractivity contribution in [2.45, 2.75) is 20.3 Å². The van der Waals surface area contributed by atoms with Crippen molar-refractivity contribution in [3.8, 4) is 5.75 Å². The third kappa shape index (κ3) is 3.59. The molecule has 3 nitrogen and oxygen atoms in total. The van der Waals surface area contributed by atoms with E-state index in [0.717, 1.165) is 14.9 Å². The molecule has 0 atom stereocenters. The third-order valence-corrected chi connectivity index (χ3v) is 3.44. The number of methoxy groups -OCH3 is 2. The molecule has 0 radical (unpaired) electrons. The molecule has 0 unspecified atom stereocenters. The number of carbonyl (C=O) groups excluding carboxylic acids is 1. The number of benzene rings is 1. The Morgan fingerprint density at radius 1 is 1.35 bits per heavy atom. The van der Waals surface area contributed by atoms with Gasteiger partial charge in [0.1, 0.15) is 5.75 Å². The number of hydrogen-bond acceptors (Lipinski definition) is 3. The fraction of sp³-hybridized carbons (Fsp3) is 0.462. The normalized spacial score (nSPS) is 11.1. The van der Waals surface area contributed by atoms with Crippen LogP contribution >= 0.6 is 22.6 Å². The summed E-state index contributed by atoms with van der Waals surface area (Å²) < 4.78 is 11.0. The SMILES string of the molecule is COC(=O)C(C)(C)Cc1ccc(OC)c(I)c1. The Hall–Kier alpha value is -0.780. The van der Waals surface area contributed by atoms with E-state index in [0.29, 0.717) is 6.42 Å². The zero-order chi connectivity index (χ0) is 13.1. The molecule has 0 bridgehead atoms. The van der Waals surface area contributed by atoms with Gasteiger partial charge < -0.3 is 9.47 Å². The predicted molar refractivity (Wildman–Crippen MR) is 75.2 cm³/mol. The molecular formula is C13H17IO3. The van der Waals surface area contributed by atoms with E-state index in [1.807, 2.05) is 32.0 Å². The van der Waals surface area contributed by atoms with E-state index in [2.05, 4.69) is 22.6 Å². The maximum absolute atomic E-state index is 11.6. The van der Waals surface area contributed by atoms with E-state index in [1.54, 1.807) is 7.11 Å². The van der Waals surface area contributed by atoms with Gasteiger partial charge in [-0.15, -0.1) is 0 Å². The molecular weight excluding hydrogens is 331 g/mol. The highest BCUT2D eigenvalue weighted by molar-refractivity contribution is 14.1. The minimum atomic E-state index is -0.508. The summed E-state index contributed by atoms with van der Waals surface area (Å²) in [6.45, 7) is 3.77. The molecule has 4 heteroatoms. The molecule has 0 aliphatic rings. The number of ether oxygens (including phenoxy) is 2. The zero-order valence-electron chi connectivity index (χ0n) is 10.5. The minimum absolute atomic E-state index is 0.191. The maximum Gasteiger partial charge on any atom is 0.311 e. The van der Waals surface area contributed by atoms with Gasteiger partial charge in [0.25, 0.3) is 0 Å². The van der Waals surface area contributed by atoms with Crippen LogP contribution in [0.1, 0.15) is 19.4 Å². The van der Waals surface area contributed by atoms with Crippen molar-refractivity contribution in [3.05, 3.63) is 27.3 Å². The summed E-state index contributed by atoms with van der Waals surface area (Å²) in [5.74, 6) is 0.661. The highest BCUT2D eigenvalue weighted by atomic mass is 127. The van der Waals surface area contributed by atoms with Crippen molar-refractivity contribution in [2.24, 2.45) is 5.41 Å². The van der Waals surface area contributed by atoms with Crippen LogP contribution in [0.4, 0.5) is 0 Å². The topological polar surface area (TPSA) is 35.5 Å². The fourth-order valence-electron chi connectivity index (χ4n) is 1.68. The second kappa shape index (κ2) is 5.71. The van der Waals surface area contributed by atoms with Crippen LogP contribution in [-0.2, 0) is 16.0 Å². The van der Waals surface area contributed by atoms with Crippen molar-refractivity contribution < 1.29 is 14.3 Å². The van der Waals surface area contributed by atoms with E-state index in [-0.39, 0.29) is 5.97 Å². The highest BCUT2D eigenvalue weighted by Crippen LogP contribution is 2.27. The summed E-state index contributed by atoms with van der Waals surface area (Å²) in [6.07, 6.45) is 0.652. The first-order valence-corrected chi connectivity index (χ1v) is 6.39. The molecule has 0 saturated carbocycles. The van der Waals surface area contributed by atoms with Gasteiger partial charge in [0.15, 0.2) is 0 Å². The van der Waals surface area contributed by atoms with Crippen LogP contribution in [0.25, 0.3) is 0 Å². The molecule has 17 heavy (non-hydrogen) atoms. The lowest BCUT2D eigenvalue weighted by Gasteiger charge is -2.21. The lowest BCUT2D eigenvalue weighted by atomic mass is 9.86. The molecule has 1 rings (SSSR count). The Bertz CT molecular complexity index is 413. The fourth-order valence-corrected chi connectivity index (χ4v) is 2.48. The zero-order valence-corrected chi connectivity index (χ0v) is 12.7. The van der Waals surface area contributed by atoms with Crippen LogP contribution in [0.3, 0.4) is 0 Å². The first-order valence-electron chi connectivity index (χ1n) is 5.31. The lowest BCUT2D eigenvalue weighted by molar-refractivity contribution is -0.150. The summed E-state index contributed by atoms with van der Waals surface area (Å²) in [5.41, 5.74) is 0.595. The predicted octanol–water partition coefficient (Wildman–Crippen LogP) is 3.04. The van der Waals surface area contributed by atoms with Crippen LogP contribution in [0, 0.1) is 8.99 Å². The van der Waals surface area contributed by atoms with Crippen molar-refractivity contribution in [1.82, 2.24) is 0 Å². The van der Waals surface area contributed by atoms with E-state index in [1.165, 1.54) is 7.11 Å². The van der Waals surface area contributed by atoms with Crippen molar-refractivity contribution in [1.29, 1.82) is 0 Å². The first kappa shape index (κ1) is 14.3. The third-order valence-electron chi connectivity index (χ3n) is 2.60. The summed E-state index contributed by atoms with van der Waals surface area (Å²) in [6, 6.07) is 5.93. The summed E-state index contributed by atoms with van der Waals surface area (Å²) >= 11 is 2.22. The standard InChI is InChI=1S/C13H17IO3/c1-13(2,12(15)17-4)8-9-5-6-11(16-3)10(14)7-9/h5-7H,8H2,1-4H3. The molecule has 0 heterocycles. The Balaban J connectivity index is 2.89. The van der Waals surface area contributed by atoms with Crippen LogP contribution in [0.2, 0.25) is 0 Å². The maximum atomic E-state index is 11.6. The lowest BCUT2D eigenvalue weighted by Crippen LogP contribution is -2.28. The summed E-state index contributed by atoms with van der Waals surface area (Å²) in [4.78, 5) is 11.6. The molecule has 94 valence electrons. The largest absolute Gasteiger partial charge is 0.496 e. The molecule has 0 fully saturated rings. The van der Waals surface area contributed by atoms with Crippen LogP contribution in [-0.4, -0.2) is 20.2 Å². The Morgan fingerprint density at radius 3 is 2.47 bits per heavy atom. The van der Waals surface area contributed by atoms with Crippen molar-refractivity contribution in [2.75, 3.05) is 14.2 Å². The van der Waals surface area contributed by atoms with E-state index >= 15 is 0 Å². The van der Waals surface area contributed by atoms with Crippen LogP contribution in [0.15, 0.2) is 18.2 Å². The van der Waals surface area contributed by atoms with E-state index < -0.39 is 5.41 Å². The van der Waals surface area contributed by atoms with Crippen LogP contribution < -0.4 is 4.74 Å². The first-order chi connectivity index (χ1) is 7.90. The molecule has 0 aliphatic heterocycles. The van der Waals surface area contributed by atoms with Crippen molar-refractivity contribution >= 4 is 28.6 Å². The highest BCUT2D eigenvalue weighted by Gasteiger charge is 2.29. The molecule has 0 saturated heterocycles. The smallest absolute Gasteiger partial charge is 0.311 e. The summed E-state index contributed by atoms with van der Waals surface area (Å²) in [7, 11) is 3.07. The Labute approximate surface area is 116 Å². The second-order valence-electron chi connectivity index (χ2n) is 4.52. The Kier molecular flexibility index (Phi) is 4.80. The number of rotatable bonds is 4. The van der Waals surface area contributed by atoms with Gasteiger partial charge in [-0.05, 0) is 60.6 Å². The van der Waals surface area contributed by atoms with Crippen molar-refractivity contribution in [3.63, 3.8) is 0 Å². The molecule has 0 amide bonds. The quantitative estimate of drug-likeness (QED) is 0.620. The molecule has 1 aromatic carbocycles. The number of halogens is 1. The van der Waals surface area contributed by atoms with Gasteiger partial charge in [0.2, 0.25) is 0 Å². The molecule has 0 aromatic heterocycles. The van der Waals surface area contributed by atoms with Gasteiger partial charge in [0, 0.05) is 0 Å². The van der Waals surface area contributed by atoms with Gasteiger partial charge in [-0.3, -0.25) is 4.79 Å². The van der Waals surface area contributed by atoms with E-state index in [4.69, 9.17) is 9.47 Å². The second-order valence-corrected chi connectivity index (χ2v) is 5.68. The molecule has 0 N–H and O–H groups in total. The van der Waals surface area contributed by atoms with Gasteiger partial charge in [-0.1, -0.05) is 6.07 Å². The number of hydrogen-bond donors (Lipinski definition) is 0. The van der Waals surface area contributed by atoms with Crippen LogP contribution in [0.5, 0.6) is 5.75 Å². The monoisotopic (exact) mass is 348 g/mol. The number of esters is 1. The van der Waals surface area contributed by atoms with Gasteiger partial charge in [0.05, 0.1) is 23.2 Å². The minimum Gasteiger partial charge on any atom is -0.496 e. The van der Waals surface area contributed by atoms with Gasteiger partial charge in [-0.2, -0.15) is 0 Å². The molecule has 1 aromatic rings. The summed E-state index contributed by atoms with van der Waals surface area (Å²) in [5, 5.41) is 0.